The Labute approximate surface area is 128 Å². The molecule has 0 radical (unpaired) electrons. The standard InChI is InChI=1S/C18H28N2O/c1-3-18(11-6-7-12-18)14-20-17(21)16-9-5-4-8-15(16)10-13-19-2/h4-5,8-9,19H,3,6-7,10-14H2,1-2H3,(H,20,21). The molecular weight excluding hydrogens is 260 g/mol. The highest BCUT2D eigenvalue weighted by Gasteiger charge is 2.32. The Morgan fingerprint density at radius 1 is 1.24 bits per heavy atom. The predicted octanol–water partition coefficient (Wildman–Crippen LogP) is 3.15. The van der Waals surface area contributed by atoms with Gasteiger partial charge in [0, 0.05) is 12.1 Å². The van der Waals surface area contributed by atoms with Crippen molar-refractivity contribution in [1.82, 2.24) is 10.6 Å². The molecular formula is C18H28N2O. The number of nitrogens with one attached hydrogen (secondary N) is 2. The third kappa shape index (κ3) is 4.07. The highest BCUT2D eigenvalue weighted by Crippen LogP contribution is 2.40. The van der Waals surface area contributed by atoms with Gasteiger partial charge >= 0.3 is 0 Å². The molecule has 1 saturated carbocycles. The SMILES string of the molecule is CCC1(CNC(=O)c2ccccc2CCNC)CCCC1. The summed E-state index contributed by atoms with van der Waals surface area (Å²) in [5.41, 5.74) is 2.30. The number of carbonyl (C=O) groups is 1. The van der Waals surface area contributed by atoms with Crippen molar-refractivity contribution in [2.24, 2.45) is 5.41 Å². The third-order valence-corrected chi connectivity index (χ3v) is 4.94. The summed E-state index contributed by atoms with van der Waals surface area (Å²) in [6.45, 7) is 3.96. The smallest absolute Gasteiger partial charge is 0.251 e. The van der Waals surface area contributed by atoms with Crippen LogP contribution in [0.5, 0.6) is 0 Å². The maximum Gasteiger partial charge on any atom is 0.251 e. The number of benzene rings is 1. The molecule has 0 bridgehead atoms. The Kier molecular flexibility index (Phi) is 5.80. The van der Waals surface area contributed by atoms with Gasteiger partial charge in [-0.05, 0) is 56.3 Å². The monoisotopic (exact) mass is 288 g/mol. The summed E-state index contributed by atoms with van der Waals surface area (Å²) < 4.78 is 0. The lowest BCUT2D eigenvalue weighted by Gasteiger charge is -2.27. The van der Waals surface area contributed by atoms with Crippen molar-refractivity contribution >= 4 is 5.91 Å². The minimum Gasteiger partial charge on any atom is -0.351 e. The summed E-state index contributed by atoms with van der Waals surface area (Å²) >= 11 is 0. The van der Waals surface area contributed by atoms with Crippen LogP contribution < -0.4 is 10.6 Å². The van der Waals surface area contributed by atoms with E-state index in [1.807, 2.05) is 25.2 Å². The molecule has 1 aliphatic rings. The lowest BCUT2D eigenvalue weighted by Crippen LogP contribution is -2.36. The molecule has 2 rings (SSSR count). The molecule has 1 aromatic rings. The second-order valence-corrected chi connectivity index (χ2v) is 6.25. The van der Waals surface area contributed by atoms with Gasteiger partial charge in [0.25, 0.3) is 5.91 Å². The van der Waals surface area contributed by atoms with Crippen molar-refractivity contribution in [3.63, 3.8) is 0 Å². The molecule has 2 N–H and O–H groups in total. The molecule has 1 fully saturated rings. The van der Waals surface area contributed by atoms with Gasteiger partial charge in [0.15, 0.2) is 0 Å². The fraction of sp³-hybridized carbons (Fsp3) is 0.611. The number of likely N-dealkylation sites (N-methyl/N-ethyl adjacent to an activating group) is 1. The van der Waals surface area contributed by atoms with Crippen molar-refractivity contribution in [3.8, 4) is 0 Å². The van der Waals surface area contributed by atoms with E-state index in [0.29, 0.717) is 5.41 Å². The van der Waals surface area contributed by atoms with Crippen LogP contribution in [0.15, 0.2) is 24.3 Å². The number of hydrogen-bond donors (Lipinski definition) is 2. The minimum absolute atomic E-state index is 0.0847. The summed E-state index contributed by atoms with van der Waals surface area (Å²) in [4.78, 5) is 12.5. The quantitative estimate of drug-likeness (QED) is 0.809. The zero-order valence-electron chi connectivity index (χ0n) is 13.4. The van der Waals surface area contributed by atoms with Crippen LogP contribution in [-0.4, -0.2) is 26.0 Å². The predicted molar refractivity (Wildman–Crippen MR) is 87.6 cm³/mol. The molecule has 0 aliphatic heterocycles. The minimum atomic E-state index is 0.0847. The number of amides is 1. The highest BCUT2D eigenvalue weighted by atomic mass is 16.1. The molecule has 0 spiro atoms. The van der Waals surface area contributed by atoms with Crippen LogP contribution in [0.4, 0.5) is 0 Å². The molecule has 0 aromatic heterocycles. The molecule has 3 nitrogen and oxygen atoms in total. The highest BCUT2D eigenvalue weighted by molar-refractivity contribution is 5.95. The molecule has 3 heteroatoms. The number of hydrogen-bond acceptors (Lipinski definition) is 2. The van der Waals surface area contributed by atoms with Crippen molar-refractivity contribution < 1.29 is 4.79 Å². The summed E-state index contributed by atoms with van der Waals surface area (Å²) in [7, 11) is 1.94. The van der Waals surface area contributed by atoms with Crippen molar-refractivity contribution in [2.75, 3.05) is 20.1 Å². The topological polar surface area (TPSA) is 41.1 Å². The molecule has 0 unspecified atom stereocenters. The first-order valence-corrected chi connectivity index (χ1v) is 8.21. The normalized spacial score (nSPS) is 16.9. The van der Waals surface area contributed by atoms with Gasteiger partial charge in [-0.15, -0.1) is 0 Å². The van der Waals surface area contributed by atoms with Crippen molar-refractivity contribution in [1.29, 1.82) is 0 Å². The average molecular weight is 288 g/mol. The van der Waals surface area contributed by atoms with Gasteiger partial charge in [0.05, 0.1) is 0 Å². The fourth-order valence-corrected chi connectivity index (χ4v) is 3.36. The van der Waals surface area contributed by atoms with E-state index >= 15 is 0 Å². The Morgan fingerprint density at radius 2 is 1.95 bits per heavy atom. The van der Waals surface area contributed by atoms with Gasteiger partial charge in [-0.3, -0.25) is 4.79 Å². The van der Waals surface area contributed by atoms with E-state index in [9.17, 15) is 4.79 Å². The Hall–Kier alpha value is -1.35. The van der Waals surface area contributed by atoms with Crippen LogP contribution in [0.3, 0.4) is 0 Å². The van der Waals surface area contributed by atoms with E-state index < -0.39 is 0 Å². The summed E-state index contributed by atoms with van der Waals surface area (Å²) in [6.07, 6.45) is 7.18. The largest absolute Gasteiger partial charge is 0.351 e. The summed E-state index contributed by atoms with van der Waals surface area (Å²) in [5.74, 6) is 0.0847. The maximum absolute atomic E-state index is 12.5. The van der Waals surface area contributed by atoms with Gasteiger partial charge < -0.3 is 10.6 Å². The van der Waals surface area contributed by atoms with Crippen LogP contribution in [-0.2, 0) is 6.42 Å². The van der Waals surface area contributed by atoms with E-state index in [0.717, 1.165) is 37.1 Å². The maximum atomic E-state index is 12.5. The van der Waals surface area contributed by atoms with E-state index in [4.69, 9.17) is 0 Å². The lowest BCUT2D eigenvalue weighted by molar-refractivity contribution is 0.0928. The van der Waals surface area contributed by atoms with Crippen LogP contribution in [0.25, 0.3) is 0 Å². The molecule has 21 heavy (non-hydrogen) atoms. The van der Waals surface area contributed by atoms with E-state index in [1.165, 1.54) is 25.7 Å². The number of rotatable bonds is 7. The Bertz CT molecular complexity index is 464. The summed E-state index contributed by atoms with van der Waals surface area (Å²) in [6, 6.07) is 7.94. The van der Waals surface area contributed by atoms with Crippen LogP contribution >= 0.6 is 0 Å². The van der Waals surface area contributed by atoms with Gasteiger partial charge in [-0.25, -0.2) is 0 Å². The first-order chi connectivity index (χ1) is 10.2. The van der Waals surface area contributed by atoms with E-state index in [-0.39, 0.29) is 5.91 Å². The number of carbonyl (C=O) groups excluding carboxylic acids is 1. The molecule has 0 heterocycles. The zero-order chi connectivity index (χ0) is 15.1. The molecule has 0 atom stereocenters. The molecule has 1 amide bonds. The van der Waals surface area contributed by atoms with E-state index in [1.54, 1.807) is 0 Å². The van der Waals surface area contributed by atoms with Gasteiger partial charge in [-0.2, -0.15) is 0 Å². The Balaban J connectivity index is 2.00. The average Bonchev–Trinajstić information content (AvgIpc) is 3.00. The molecule has 116 valence electrons. The van der Waals surface area contributed by atoms with Crippen LogP contribution in [0.1, 0.15) is 54.9 Å². The second-order valence-electron chi connectivity index (χ2n) is 6.25. The fourth-order valence-electron chi connectivity index (χ4n) is 3.36. The molecule has 1 aromatic carbocycles. The third-order valence-electron chi connectivity index (χ3n) is 4.94. The summed E-state index contributed by atoms with van der Waals surface area (Å²) in [5, 5.41) is 6.33. The second kappa shape index (κ2) is 7.60. The Morgan fingerprint density at radius 3 is 2.62 bits per heavy atom. The molecule has 1 aliphatic carbocycles. The van der Waals surface area contributed by atoms with Crippen molar-refractivity contribution in [2.45, 2.75) is 45.4 Å². The zero-order valence-corrected chi connectivity index (χ0v) is 13.4. The van der Waals surface area contributed by atoms with Crippen molar-refractivity contribution in [3.05, 3.63) is 35.4 Å². The van der Waals surface area contributed by atoms with Gasteiger partial charge in [-0.1, -0.05) is 38.0 Å². The first kappa shape index (κ1) is 16.0. The van der Waals surface area contributed by atoms with E-state index in [2.05, 4.69) is 23.6 Å². The van der Waals surface area contributed by atoms with Crippen LogP contribution in [0.2, 0.25) is 0 Å². The van der Waals surface area contributed by atoms with Gasteiger partial charge in [0.2, 0.25) is 0 Å². The molecule has 0 saturated heterocycles. The first-order valence-electron chi connectivity index (χ1n) is 8.21. The van der Waals surface area contributed by atoms with Crippen LogP contribution in [0, 0.1) is 5.41 Å². The van der Waals surface area contributed by atoms with Gasteiger partial charge in [0.1, 0.15) is 0 Å². The lowest BCUT2D eigenvalue weighted by atomic mass is 9.83.